The molecule has 0 saturated carbocycles. The number of rotatable bonds is 2. The van der Waals surface area contributed by atoms with Crippen LogP contribution in [-0.2, 0) is 17.8 Å². The smallest absolute Gasteiger partial charge is 0.266 e. The molecule has 1 amide bonds. The van der Waals surface area contributed by atoms with Gasteiger partial charge in [0.1, 0.15) is 6.54 Å². The molecule has 0 saturated heterocycles. The number of H-pyrrole nitrogens is 1. The summed E-state index contributed by atoms with van der Waals surface area (Å²) in [5.41, 5.74) is 2.97. The number of carbonyl (C=O) groups is 1. The highest BCUT2D eigenvalue weighted by Crippen LogP contribution is 2.21. The zero-order chi connectivity index (χ0) is 17.7. The Morgan fingerprint density at radius 1 is 1.00 bits per heavy atom. The van der Waals surface area contributed by atoms with Crippen molar-refractivity contribution in [2.75, 3.05) is 0 Å². The number of amides is 1. The van der Waals surface area contributed by atoms with E-state index in [4.69, 9.17) is 0 Å². The van der Waals surface area contributed by atoms with Crippen LogP contribution in [0.3, 0.4) is 0 Å². The Morgan fingerprint density at radius 2 is 1.77 bits per heavy atom. The molecule has 0 bridgehead atoms. The van der Waals surface area contributed by atoms with Crippen molar-refractivity contribution < 1.29 is 4.79 Å². The van der Waals surface area contributed by atoms with Gasteiger partial charge in [-0.1, -0.05) is 30.3 Å². The molecule has 0 fully saturated rings. The summed E-state index contributed by atoms with van der Waals surface area (Å²) in [6, 6.07) is 15.1. The molecule has 0 spiro atoms. The van der Waals surface area contributed by atoms with Gasteiger partial charge < -0.3 is 4.98 Å². The van der Waals surface area contributed by atoms with Crippen LogP contribution in [0.15, 0.2) is 64.5 Å². The molecule has 126 valence electrons. The van der Waals surface area contributed by atoms with Gasteiger partial charge in [0.25, 0.3) is 11.5 Å². The molecule has 26 heavy (non-hydrogen) atoms. The minimum absolute atomic E-state index is 0.0661. The van der Waals surface area contributed by atoms with Crippen molar-refractivity contribution in [3.05, 3.63) is 76.5 Å². The second-order valence-electron chi connectivity index (χ2n) is 6.33. The van der Waals surface area contributed by atoms with E-state index < -0.39 is 0 Å². The van der Waals surface area contributed by atoms with Crippen molar-refractivity contribution >= 4 is 33.4 Å². The molecule has 2 aromatic heterocycles. The van der Waals surface area contributed by atoms with E-state index in [-0.39, 0.29) is 18.0 Å². The maximum absolute atomic E-state index is 12.8. The average molecular weight is 342 g/mol. The van der Waals surface area contributed by atoms with Gasteiger partial charge in [-0.15, -0.1) is 0 Å². The first-order valence-corrected chi connectivity index (χ1v) is 8.36. The monoisotopic (exact) mass is 342 g/mol. The molecule has 1 aliphatic heterocycles. The molecule has 0 unspecified atom stereocenters. The number of hydrogen-bond donors (Lipinski definition) is 1. The fourth-order valence-corrected chi connectivity index (χ4v) is 3.48. The molecule has 5 rings (SSSR count). The number of nitrogens with one attached hydrogen (secondary N) is 1. The zero-order valence-corrected chi connectivity index (χ0v) is 13.8. The number of nitrogens with zero attached hydrogens (tertiary/aromatic N) is 3. The lowest BCUT2D eigenvalue weighted by atomic mass is 10.1. The number of para-hydroxylation sites is 2. The number of aliphatic imine (C=N–C) groups is 1. The van der Waals surface area contributed by atoms with Crippen LogP contribution in [0.4, 0.5) is 0 Å². The van der Waals surface area contributed by atoms with E-state index >= 15 is 0 Å². The number of carbonyl (C=O) groups excluding carboxylic acids is 1. The van der Waals surface area contributed by atoms with Crippen LogP contribution in [0.2, 0.25) is 0 Å². The lowest BCUT2D eigenvalue weighted by molar-refractivity contribution is -0.118. The minimum Gasteiger partial charge on any atom is -0.361 e. The zero-order valence-electron chi connectivity index (χ0n) is 13.8. The Morgan fingerprint density at radius 3 is 2.65 bits per heavy atom. The van der Waals surface area contributed by atoms with Crippen LogP contribution in [-0.4, -0.2) is 26.2 Å². The first-order valence-electron chi connectivity index (χ1n) is 8.36. The average Bonchev–Trinajstić information content (AvgIpc) is 3.06. The van der Waals surface area contributed by atoms with Crippen molar-refractivity contribution in [2.24, 2.45) is 4.99 Å². The Labute approximate surface area is 147 Å². The number of hydrogen-bond acceptors (Lipinski definition) is 3. The fourth-order valence-electron chi connectivity index (χ4n) is 3.48. The lowest BCUT2D eigenvalue weighted by Gasteiger charge is -2.17. The highest BCUT2D eigenvalue weighted by Gasteiger charge is 2.23. The molecule has 3 heterocycles. The van der Waals surface area contributed by atoms with Crippen molar-refractivity contribution in [2.45, 2.75) is 13.0 Å². The van der Waals surface area contributed by atoms with E-state index in [2.05, 4.69) is 15.0 Å². The summed E-state index contributed by atoms with van der Waals surface area (Å²) in [7, 11) is 0. The number of fused-ring (bicyclic) bond motifs is 3. The number of aromatic nitrogens is 3. The van der Waals surface area contributed by atoms with E-state index in [1.54, 1.807) is 18.2 Å². The first-order chi connectivity index (χ1) is 12.7. The van der Waals surface area contributed by atoms with Crippen LogP contribution in [0, 0.1) is 0 Å². The maximum atomic E-state index is 12.8. The Hall–Kier alpha value is -3.54. The molecule has 0 aliphatic carbocycles. The predicted molar refractivity (Wildman–Crippen MR) is 99.5 cm³/mol. The fraction of sp³-hybridized carbons (Fsp3) is 0.100. The molecule has 2 aromatic carbocycles. The van der Waals surface area contributed by atoms with E-state index in [0.717, 1.165) is 16.5 Å². The van der Waals surface area contributed by atoms with E-state index in [9.17, 15) is 9.59 Å². The minimum atomic E-state index is -0.327. The van der Waals surface area contributed by atoms with E-state index in [1.165, 1.54) is 4.57 Å². The van der Waals surface area contributed by atoms with Crippen molar-refractivity contribution in [1.29, 1.82) is 0 Å². The third-order valence-corrected chi connectivity index (χ3v) is 4.71. The first kappa shape index (κ1) is 14.8. The summed E-state index contributed by atoms with van der Waals surface area (Å²) in [4.78, 5) is 37.0. The summed E-state index contributed by atoms with van der Waals surface area (Å²) in [5.74, 6) is 0.144. The topological polar surface area (TPSA) is 80.1 Å². The third-order valence-electron chi connectivity index (χ3n) is 4.71. The number of benzene rings is 2. The van der Waals surface area contributed by atoms with Gasteiger partial charge >= 0.3 is 0 Å². The SMILES string of the molecule is O=C1Cn2c(nc3ccccc3c2=O)C(Cc2c[nH]c3ccccc23)=N1. The summed E-state index contributed by atoms with van der Waals surface area (Å²) in [6.07, 6.45) is 2.34. The summed E-state index contributed by atoms with van der Waals surface area (Å²) >= 11 is 0. The van der Waals surface area contributed by atoms with Crippen LogP contribution in [0.5, 0.6) is 0 Å². The Kier molecular flexibility index (Phi) is 3.12. The normalized spacial score (nSPS) is 13.8. The summed E-state index contributed by atoms with van der Waals surface area (Å²) in [5, 5.41) is 1.58. The van der Waals surface area contributed by atoms with Crippen molar-refractivity contribution in [1.82, 2.24) is 14.5 Å². The highest BCUT2D eigenvalue weighted by atomic mass is 16.2. The van der Waals surface area contributed by atoms with Crippen LogP contribution >= 0.6 is 0 Å². The molecule has 4 aromatic rings. The van der Waals surface area contributed by atoms with Gasteiger partial charge in [-0.3, -0.25) is 14.2 Å². The van der Waals surface area contributed by atoms with E-state index in [1.807, 2.05) is 36.5 Å². The molecule has 6 nitrogen and oxygen atoms in total. The predicted octanol–water partition coefficient (Wildman–Crippen LogP) is 2.45. The number of aromatic amines is 1. The maximum Gasteiger partial charge on any atom is 0.266 e. The van der Waals surface area contributed by atoms with Gasteiger partial charge in [-0.25, -0.2) is 9.98 Å². The molecular weight excluding hydrogens is 328 g/mol. The molecule has 0 radical (unpaired) electrons. The van der Waals surface area contributed by atoms with Crippen LogP contribution < -0.4 is 5.56 Å². The molecular formula is C20H14N4O2. The van der Waals surface area contributed by atoms with Gasteiger partial charge in [-0.05, 0) is 23.8 Å². The largest absolute Gasteiger partial charge is 0.361 e. The van der Waals surface area contributed by atoms with Gasteiger partial charge in [0.05, 0.1) is 16.6 Å². The Balaban J connectivity index is 1.69. The van der Waals surface area contributed by atoms with Gasteiger partial charge in [0, 0.05) is 23.5 Å². The third kappa shape index (κ3) is 2.19. The molecule has 6 heteroatoms. The molecule has 1 aliphatic rings. The van der Waals surface area contributed by atoms with Crippen LogP contribution in [0.1, 0.15) is 11.4 Å². The second kappa shape index (κ2) is 5.49. The molecule has 0 atom stereocenters. The van der Waals surface area contributed by atoms with Gasteiger partial charge in [0.2, 0.25) is 0 Å². The Bertz CT molecular complexity index is 1280. The summed E-state index contributed by atoms with van der Waals surface area (Å²) < 4.78 is 1.43. The van der Waals surface area contributed by atoms with Gasteiger partial charge in [-0.2, -0.15) is 0 Å². The van der Waals surface area contributed by atoms with E-state index in [0.29, 0.717) is 28.9 Å². The summed E-state index contributed by atoms with van der Waals surface area (Å²) in [6.45, 7) is -0.0661. The standard InChI is InChI=1S/C20H14N4O2/c25-18-11-24-19(23-16-8-4-2-6-14(16)20(24)26)17(22-18)9-12-10-21-15-7-3-1-5-13(12)15/h1-8,10,21H,9,11H2. The van der Waals surface area contributed by atoms with Crippen LogP contribution in [0.25, 0.3) is 21.8 Å². The second-order valence-corrected chi connectivity index (χ2v) is 6.33. The van der Waals surface area contributed by atoms with Crippen molar-refractivity contribution in [3.63, 3.8) is 0 Å². The lowest BCUT2D eigenvalue weighted by Crippen LogP contribution is -2.35. The van der Waals surface area contributed by atoms with Gasteiger partial charge in [0.15, 0.2) is 5.82 Å². The highest BCUT2D eigenvalue weighted by molar-refractivity contribution is 6.09. The molecule has 1 N–H and O–H groups in total. The quantitative estimate of drug-likeness (QED) is 0.608. The van der Waals surface area contributed by atoms with Crippen molar-refractivity contribution in [3.8, 4) is 0 Å².